The Morgan fingerprint density at radius 2 is 0.971 bits per heavy atom. The van der Waals surface area contributed by atoms with E-state index in [1.165, 1.54) is 0 Å². The van der Waals surface area contributed by atoms with Crippen molar-refractivity contribution in [3.63, 3.8) is 0 Å². The summed E-state index contributed by atoms with van der Waals surface area (Å²) in [6.45, 7) is 6.68. The second kappa shape index (κ2) is 20.1. The van der Waals surface area contributed by atoms with Crippen LogP contribution in [0.15, 0.2) is 42.5 Å². The van der Waals surface area contributed by atoms with E-state index in [0.29, 0.717) is 91.5 Å². The van der Waals surface area contributed by atoms with Crippen LogP contribution in [0.3, 0.4) is 0 Å². The summed E-state index contributed by atoms with van der Waals surface area (Å²) in [6.07, 6.45) is 0. The maximum absolute atomic E-state index is 12.1. The van der Waals surface area contributed by atoms with Crippen LogP contribution in [0.2, 0.25) is 0 Å². The lowest BCUT2D eigenvalue weighted by atomic mass is 10.1. The summed E-state index contributed by atoms with van der Waals surface area (Å²) in [5.41, 5.74) is 0.533. The van der Waals surface area contributed by atoms with E-state index in [1.807, 2.05) is 36.4 Å². The number of fused-ring (bicyclic) bond motifs is 1. The number of benzene rings is 2. The third kappa shape index (κ3) is 14.1. The van der Waals surface area contributed by atoms with Crippen LogP contribution in [0.1, 0.15) is 10.4 Å². The maximum Gasteiger partial charge on any atom is 0.338 e. The summed E-state index contributed by atoms with van der Waals surface area (Å²) in [5.74, 6) is -0.354. The van der Waals surface area contributed by atoms with E-state index in [-0.39, 0.29) is 12.6 Å². The fourth-order valence-electron chi connectivity index (χ4n) is 2.94. The second-order valence-electron chi connectivity index (χ2n) is 7.36. The number of hydrogen-bond acceptors (Lipinski definition) is 9. The van der Waals surface area contributed by atoms with Crippen molar-refractivity contribution in [3.05, 3.63) is 48.0 Å². The highest BCUT2D eigenvalue weighted by molar-refractivity contribution is 5.95. The summed E-state index contributed by atoms with van der Waals surface area (Å²) in [5, 5.41) is 2.09. The molecule has 0 radical (unpaired) electrons. The molecule has 0 fully saturated rings. The molecule has 2 rings (SSSR count). The van der Waals surface area contributed by atoms with E-state index in [9.17, 15) is 4.79 Å². The Kier molecular flexibility index (Phi) is 16.7. The molecule has 0 bridgehead atoms. The number of carbonyl (C=O) groups excluding carboxylic acids is 1. The molecular weight excluding hydrogens is 456 g/mol. The molecule has 0 amide bonds. The second-order valence-corrected chi connectivity index (χ2v) is 7.36. The molecule has 0 saturated carbocycles. The van der Waals surface area contributed by atoms with Crippen LogP contribution in [0.4, 0.5) is 0 Å². The first-order valence-corrected chi connectivity index (χ1v) is 11.9. The fourth-order valence-corrected chi connectivity index (χ4v) is 2.94. The molecule has 0 heterocycles. The molecule has 0 aliphatic heterocycles. The molecule has 2 aromatic rings. The van der Waals surface area contributed by atoms with Crippen molar-refractivity contribution in [1.29, 1.82) is 0 Å². The fraction of sp³-hybridized carbons (Fsp3) is 0.577. The number of esters is 1. The molecule has 9 nitrogen and oxygen atoms in total. The Balaban J connectivity index is 1.30. The molecule has 35 heavy (non-hydrogen) atoms. The lowest BCUT2D eigenvalue weighted by Gasteiger charge is -2.09. The molecule has 0 aliphatic rings. The lowest BCUT2D eigenvalue weighted by molar-refractivity contribution is -0.0211. The van der Waals surface area contributed by atoms with Gasteiger partial charge in [-0.05, 0) is 22.9 Å². The first-order valence-electron chi connectivity index (χ1n) is 11.9. The van der Waals surface area contributed by atoms with E-state index >= 15 is 0 Å². The number of hydrogen-bond donors (Lipinski definition) is 0. The predicted molar refractivity (Wildman–Crippen MR) is 131 cm³/mol. The molecule has 0 N–H and O–H groups in total. The zero-order chi connectivity index (χ0) is 24.8. The van der Waals surface area contributed by atoms with Gasteiger partial charge in [-0.2, -0.15) is 0 Å². The Labute approximate surface area is 207 Å². The normalized spacial score (nSPS) is 11.2. The van der Waals surface area contributed by atoms with Gasteiger partial charge in [-0.3, -0.25) is 0 Å². The minimum Gasteiger partial charge on any atom is -0.460 e. The summed E-state index contributed by atoms with van der Waals surface area (Å²) in [7, 11) is 1.64. The van der Waals surface area contributed by atoms with Gasteiger partial charge in [0.25, 0.3) is 0 Å². The topological polar surface area (TPSA) is 90.9 Å². The molecule has 196 valence electrons. The first kappa shape index (κ1) is 29.1. The Morgan fingerprint density at radius 1 is 0.543 bits per heavy atom. The predicted octanol–water partition coefficient (Wildman–Crippen LogP) is 2.74. The van der Waals surface area contributed by atoms with Gasteiger partial charge in [0, 0.05) is 7.11 Å². The summed E-state index contributed by atoms with van der Waals surface area (Å²) >= 11 is 0. The van der Waals surface area contributed by atoms with E-state index in [1.54, 1.807) is 13.2 Å². The minimum atomic E-state index is -0.354. The van der Waals surface area contributed by atoms with E-state index in [0.717, 1.165) is 10.8 Å². The van der Waals surface area contributed by atoms with Gasteiger partial charge >= 0.3 is 5.97 Å². The van der Waals surface area contributed by atoms with Crippen molar-refractivity contribution in [2.24, 2.45) is 0 Å². The van der Waals surface area contributed by atoms with Crippen molar-refractivity contribution in [2.45, 2.75) is 0 Å². The Morgan fingerprint density at radius 3 is 1.46 bits per heavy atom. The average Bonchev–Trinajstić information content (AvgIpc) is 2.89. The largest absolute Gasteiger partial charge is 0.460 e. The standard InChI is InChI=1S/C26H38O9/c1-28-8-9-29-10-11-30-12-13-31-14-15-32-16-17-33-18-19-34-20-21-35-26(27)25-7-6-23-4-2-3-5-24(23)22-25/h2-7,22H,8-21H2,1H3. The number of methoxy groups -OCH3 is 1. The SMILES string of the molecule is COCCOCCOCCOCCOCCOCCOCCOC(=O)c1ccc2ccccc2c1. The molecule has 2 aromatic carbocycles. The molecule has 9 heteroatoms. The number of rotatable bonds is 22. The Hall–Kier alpha value is -2.11. The average molecular weight is 495 g/mol. The summed E-state index contributed by atoms with van der Waals surface area (Å²) in [4.78, 5) is 12.1. The highest BCUT2D eigenvalue weighted by Gasteiger charge is 2.07. The zero-order valence-electron chi connectivity index (χ0n) is 20.6. The number of ether oxygens (including phenoxy) is 8. The van der Waals surface area contributed by atoms with Crippen LogP contribution in [-0.4, -0.2) is 106 Å². The third-order valence-corrected chi connectivity index (χ3v) is 4.74. The van der Waals surface area contributed by atoms with Crippen LogP contribution < -0.4 is 0 Å². The number of carbonyl (C=O) groups is 1. The first-order chi connectivity index (χ1) is 17.3. The van der Waals surface area contributed by atoms with Crippen LogP contribution in [-0.2, 0) is 37.9 Å². The zero-order valence-corrected chi connectivity index (χ0v) is 20.6. The van der Waals surface area contributed by atoms with Crippen LogP contribution in [0.5, 0.6) is 0 Å². The van der Waals surface area contributed by atoms with Crippen molar-refractivity contribution >= 4 is 16.7 Å². The minimum absolute atomic E-state index is 0.196. The molecule has 0 unspecified atom stereocenters. The smallest absolute Gasteiger partial charge is 0.338 e. The van der Waals surface area contributed by atoms with Crippen LogP contribution in [0.25, 0.3) is 10.8 Å². The van der Waals surface area contributed by atoms with Gasteiger partial charge < -0.3 is 37.9 Å². The van der Waals surface area contributed by atoms with E-state index in [4.69, 9.17) is 37.9 Å². The molecule has 0 aliphatic carbocycles. The van der Waals surface area contributed by atoms with E-state index < -0.39 is 0 Å². The van der Waals surface area contributed by atoms with Crippen molar-refractivity contribution in [2.75, 3.05) is 99.6 Å². The molecular formula is C26H38O9. The van der Waals surface area contributed by atoms with Crippen molar-refractivity contribution < 1.29 is 42.7 Å². The third-order valence-electron chi connectivity index (χ3n) is 4.74. The summed E-state index contributed by atoms with van der Waals surface area (Å²) in [6, 6.07) is 13.4. The van der Waals surface area contributed by atoms with Gasteiger partial charge in [0.05, 0.1) is 91.5 Å². The summed E-state index contributed by atoms with van der Waals surface area (Å²) < 4.78 is 42.5. The molecule has 0 atom stereocenters. The van der Waals surface area contributed by atoms with Crippen LogP contribution in [0, 0.1) is 0 Å². The van der Waals surface area contributed by atoms with Gasteiger partial charge in [0.2, 0.25) is 0 Å². The van der Waals surface area contributed by atoms with Gasteiger partial charge in [-0.25, -0.2) is 4.79 Å². The van der Waals surface area contributed by atoms with E-state index in [2.05, 4.69) is 0 Å². The quantitative estimate of drug-likeness (QED) is 0.181. The maximum atomic E-state index is 12.1. The van der Waals surface area contributed by atoms with Crippen molar-refractivity contribution in [1.82, 2.24) is 0 Å². The van der Waals surface area contributed by atoms with Gasteiger partial charge in [-0.15, -0.1) is 0 Å². The van der Waals surface area contributed by atoms with Gasteiger partial charge in [0.15, 0.2) is 0 Å². The Bertz CT molecular complexity index is 799. The molecule has 0 spiro atoms. The molecule has 0 saturated heterocycles. The highest BCUT2D eigenvalue weighted by Crippen LogP contribution is 2.16. The monoisotopic (exact) mass is 494 g/mol. The van der Waals surface area contributed by atoms with Gasteiger partial charge in [0.1, 0.15) is 6.61 Å². The molecule has 0 aromatic heterocycles. The van der Waals surface area contributed by atoms with Crippen LogP contribution >= 0.6 is 0 Å². The van der Waals surface area contributed by atoms with Crippen molar-refractivity contribution in [3.8, 4) is 0 Å². The lowest BCUT2D eigenvalue weighted by Crippen LogP contribution is -2.15. The van der Waals surface area contributed by atoms with Gasteiger partial charge in [-0.1, -0.05) is 30.3 Å². The highest BCUT2D eigenvalue weighted by atomic mass is 16.6.